The second-order valence-electron chi connectivity index (χ2n) is 8.52. The number of ether oxygens (including phenoxy) is 1. The van der Waals surface area contributed by atoms with E-state index in [1.807, 2.05) is 0 Å². The third-order valence-electron chi connectivity index (χ3n) is 6.79. The van der Waals surface area contributed by atoms with Gasteiger partial charge in [0.25, 0.3) is 0 Å². The zero-order valence-corrected chi connectivity index (χ0v) is 16.5. The Morgan fingerprint density at radius 3 is 2.89 bits per heavy atom. The van der Waals surface area contributed by atoms with Crippen LogP contribution in [-0.4, -0.2) is 35.1 Å². The number of unbranched alkanes of at least 4 members (excludes halogenated alkanes) is 1. The average Bonchev–Trinajstić information content (AvgIpc) is 3.20. The largest absolute Gasteiger partial charge is 0.449 e. The van der Waals surface area contributed by atoms with Crippen LogP contribution < -0.4 is 0 Å². The van der Waals surface area contributed by atoms with Gasteiger partial charge in [-0.3, -0.25) is 4.90 Å². The number of piperidine rings is 1. The molecular weight excluding hydrogens is 346 g/mol. The molecule has 0 amide bonds. The zero-order valence-electron chi connectivity index (χ0n) is 16.5. The number of carbonyl (C=O) groups excluding carboxylic acids is 1. The van der Waals surface area contributed by atoms with E-state index in [-0.39, 0.29) is 5.97 Å². The van der Waals surface area contributed by atoms with Gasteiger partial charge in [-0.2, -0.15) is 0 Å². The summed E-state index contributed by atoms with van der Waals surface area (Å²) in [6, 6.07) is 9.25. The van der Waals surface area contributed by atoms with Crippen molar-refractivity contribution in [2.75, 3.05) is 6.54 Å². The third kappa shape index (κ3) is 2.83. The quantitative estimate of drug-likeness (QED) is 0.588. The summed E-state index contributed by atoms with van der Waals surface area (Å²) in [5.41, 5.74) is 3.96. The van der Waals surface area contributed by atoms with Gasteiger partial charge in [0, 0.05) is 35.2 Å². The first kappa shape index (κ1) is 17.8. The monoisotopic (exact) mass is 373 g/mol. The SMILES string of the molecule is CCCCc1ccc(C#CC2=CC3CC4(OC(=O)C=C24)C2CCCCN32)cc1. The summed E-state index contributed by atoms with van der Waals surface area (Å²) in [7, 11) is 0. The first-order valence-corrected chi connectivity index (χ1v) is 10.7. The van der Waals surface area contributed by atoms with Crippen molar-refractivity contribution in [2.45, 2.75) is 69.6 Å². The highest BCUT2D eigenvalue weighted by Gasteiger charge is 2.61. The molecule has 0 saturated carbocycles. The summed E-state index contributed by atoms with van der Waals surface area (Å²) in [5, 5.41) is 0. The molecule has 2 saturated heterocycles. The molecule has 0 radical (unpaired) electrons. The molecule has 3 heterocycles. The number of fused-ring (bicyclic) bond motifs is 3. The summed E-state index contributed by atoms with van der Waals surface area (Å²) in [6.07, 6.45) is 12.0. The van der Waals surface area contributed by atoms with Crippen LogP contribution in [0.15, 0.2) is 47.6 Å². The Morgan fingerprint density at radius 2 is 2.07 bits per heavy atom. The minimum Gasteiger partial charge on any atom is -0.449 e. The number of esters is 1. The molecule has 28 heavy (non-hydrogen) atoms. The lowest BCUT2D eigenvalue weighted by atomic mass is 9.77. The standard InChI is InChI=1S/C25H27NO2/c1-2-3-6-18-8-10-19(11-9-18)12-13-20-15-21-17-25(22(20)16-24(27)28-25)23-7-4-5-14-26(21)23/h8-11,15-16,21,23H,2-7,14,17H2,1H3. The first-order valence-electron chi connectivity index (χ1n) is 10.7. The molecule has 4 aliphatic rings. The molecule has 2 bridgehead atoms. The lowest BCUT2D eigenvalue weighted by Gasteiger charge is -2.38. The van der Waals surface area contributed by atoms with Gasteiger partial charge < -0.3 is 4.74 Å². The van der Waals surface area contributed by atoms with Gasteiger partial charge in [-0.1, -0.05) is 49.8 Å². The molecule has 0 N–H and O–H groups in total. The van der Waals surface area contributed by atoms with E-state index in [1.54, 1.807) is 6.08 Å². The Labute approximate surface area is 167 Å². The van der Waals surface area contributed by atoms with Crippen LogP contribution in [0.1, 0.15) is 56.6 Å². The number of nitrogens with zero attached hydrogens (tertiary/aromatic N) is 1. The highest BCUT2D eigenvalue weighted by atomic mass is 16.6. The molecule has 144 valence electrons. The molecule has 3 heteroatoms. The van der Waals surface area contributed by atoms with Gasteiger partial charge in [0.15, 0.2) is 5.60 Å². The van der Waals surface area contributed by atoms with Crippen LogP contribution in [0.3, 0.4) is 0 Å². The third-order valence-corrected chi connectivity index (χ3v) is 6.79. The molecular formula is C25H27NO2. The van der Waals surface area contributed by atoms with Crippen LogP contribution in [0, 0.1) is 11.8 Å². The highest BCUT2D eigenvalue weighted by Crippen LogP contribution is 2.53. The molecule has 3 nitrogen and oxygen atoms in total. The normalized spacial score (nSPS) is 30.5. The van der Waals surface area contributed by atoms with E-state index < -0.39 is 5.60 Å². The van der Waals surface area contributed by atoms with Crippen molar-refractivity contribution in [1.82, 2.24) is 4.90 Å². The molecule has 1 aromatic rings. The Morgan fingerprint density at radius 1 is 1.21 bits per heavy atom. The fraction of sp³-hybridized carbons (Fsp3) is 0.480. The van der Waals surface area contributed by atoms with Gasteiger partial charge in [0.2, 0.25) is 0 Å². The fourth-order valence-electron chi connectivity index (χ4n) is 5.45. The zero-order chi connectivity index (χ0) is 19.1. The topological polar surface area (TPSA) is 29.5 Å². The molecule has 0 aromatic heterocycles. The molecule has 3 atom stereocenters. The first-order chi connectivity index (χ1) is 13.7. The Balaban J connectivity index is 1.44. The van der Waals surface area contributed by atoms with Crippen molar-refractivity contribution in [1.29, 1.82) is 0 Å². The number of aryl methyl sites for hydroxylation is 1. The fourth-order valence-corrected chi connectivity index (χ4v) is 5.45. The summed E-state index contributed by atoms with van der Waals surface area (Å²) in [5.74, 6) is 6.51. The van der Waals surface area contributed by atoms with Crippen molar-refractivity contribution < 1.29 is 9.53 Å². The number of carbonyl (C=O) groups is 1. The lowest BCUT2D eigenvalue weighted by Crippen LogP contribution is -2.48. The minimum atomic E-state index is -0.453. The Bertz CT molecular complexity index is 914. The van der Waals surface area contributed by atoms with Gasteiger partial charge in [0.1, 0.15) is 0 Å². The highest BCUT2D eigenvalue weighted by molar-refractivity contribution is 5.90. The summed E-state index contributed by atoms with van der Waals surface area (Å²) < 4.78 is 5.97. The van der Waals surface area contributed by atoms with Crippen molar-refractivity contribution >= 4 is 5.97 Å². The average molecular weight is 373 g/mol. The van der Waals surface area contributed by atoms with Crippen LogP contribution >= 0.6 is 0 Å². The smallest absolute Gasteiger partial charge is 0.332 e. The molecule has 5 rings (SSSR count). The van der Waals surface area contributed by atoms with Crippen LogP contribution in [0.25, 0.3) is 0 Å². The Hall–Kier alpha value is -2.31. The molecule has 1 aromatic carbocycles. The minimum absolute atomic E-state index is 0.198. The number of hydrogen-bond donors (Lipinski definition) is 0. The number of rotatable bonds is 3. The number of hydrogen-bond acceptors (Lipinski definition) is 3. The van der Waals surface area contributed by atoms with Gasteiger partial charge in [-0.15, -0.1) is 0 Å². The maximum absolute atomic E-state index is 12.2. The number of benzene rings is 1. The predicted molar refractivity (Wildman–Crippen MR) is 110 cm³/mol. The van der Waals surface area contributed by atoms with Gasteiger partial charge >= 0.3 is 5.97 Å². The van der Waals surface area contributed by atoms with E-state index >= 15 is 0 Å². The van der Waals surface area contributed by atoms with E-state index in [0.717, 1.165) is 42.5 Å². The van der Waals surface area contributed by atoms with Gasteiger partial charge in [-0.25, -0.2) is 4.79 Å². The van der Waals surface area contributed by atoms with E-state index in [4.69, 9.17) is 4.74 Å². The van der Waals surface area contributed by atoms with Crippen molar-refractivity contribution in [3.05, 3.63) is 58.7 Å². The van der Waals surface area contributed by atoms with Crippen molar-refractivity contribution in [2.24, 2.45) is 0 Å². The van der Waals surface area contributed by atoms with Crippen LogP contribution in [0.4, 0.5) is 0 Å². The molecule has 3 aliphatic heterocycles. The predicted octanol–water partition coefficient (Wildman–Crippen LogP) is 4.17. The second kappa shape index (κ2) is 6.94. The van der Waals surface area contributed by atoms with Gasteiger partial charge in [-0.05, 0) is 49.9 Å². The molecule has 1 spiro atoms. The lowest BCUT2D eigenvalue weighted by molar-refractivity contribution is -0.148. The maximum Gasteiger partial charge on any atom is 0.332 e. The van der Waals surface area contributed by atoms with Crippen LogP contribution in [0.5, 0.6) is 0 Å². The van der Waals surface area contributed by atoms with E-state index in [1.165, 1.54) is 31.2 Å². The van der Waals surface area contributed by atoms with Gasteiger partial charge in [0.05, 0.1) is 6.04 Å². The molecule has 2 fully saturated rings. The van der Waals surface area contributed by atoms with Crippen LogP contribution in [0.2, 0.25) is 0 Å². The Kier molecular flexibility index (Phi) is 4.40. The molecule has 3 unspecified atom stereocenters. The second-order valence-corrected chi connectivity index (χ2v) is 8.52. The maximum atomic E-state index is 12.2. The van der Waals surface area contributed by atoms with E-state index in [9.17, 15) is 4.79 Å². The summed E-state index contributed by atoms with van der Waals surface area (Å²) in [6.45, 7) is 3.31. The summed E-state index contributed by atoms with van der Waals surface area (Å²) in [4.78, 5) is 14.8. The van der Waals surface area contributed by atoms with E-state index in [0.29, 0.717) is 12.1 Å². The molecule has 1 aliphatic carbocycles. The van der Waals surface area contributed by atoms with Crippen molar-refractivity contribution in [3.63, 3.8) is 0 Å². The van der Waals surface area contributed by atoms with Crippen LogP contribution in [-0.2, 0) is 16.0 Å². The van der Waals surface area contributed by atoms with Crippen molar-refractivity contribution in [3.8, 4) is 11.8 Å². The van der Waals surface area contributed by atoms with E-state index in [2.05, 4.69) is 54.0 Å². The summed E-state index contributed by atoms with van der Waals surface area (Å²) >= 11 is 0.